The molecule has 0 aromatic heterocycles. The van der Waals surface area contributed by atoms with Crippen LogP contribution in [0.2, 0.25) is 0 Å². The van der Waals surface area contributed by atoms with E-state index in [0.29, 0.717) is 0 Å². The standard InChI is InChI=1S/C21H22N2O2/c1-21(2)17-6-4-5-7-18(17)22-19(21)13-10-15-8-11-16(12-9-15)23(3)14-20(24)25/h4-13H,14H2,1-3H3,(H,24,25). The summed E-state index contributed by atoms with van der Waals surface area (Å²) in [7, 11) is 1.77. The molecule has 1 aliphatic rings. The Balaban J connectivity index is 1.76. The molecular formula is C21H22N2O2. The van der Waals surface area contributed by atoms with Crippen LogP contribution >= 0.6 is 0 Å². The van der Waals surface area contributed by atoms with Gasteiger partial charge in [-0.1, -0.05) is 50.3 Å². The highest BCUT2D eigenvalue weighted by atomic mass is 16.4. The molecule has 0 saturated carbocycles. The summed E-state index contributed by atoms with van der Waals surface area (Å²) in [5, 5.41) is 8.86. The van der Waals surface area contributed by atoms with Crippen molar-refractivity contribution < 1.29 is 9.90 Å². The van der Waals surface area contributed by atoms with Crippen LogP contribution in [-0.2, 0) is 10.2 Å². The van der Waals surface area contributed by atoms with Crippen molar-refractivity contribution in [1.82, 2.24) is 0 Å². The highest BCUT2D eigenvalue weighted by Gasteiger charge is 2.32. The molecule has 0 saturated heterocycles. The number of carbonyl (C=O) groups is 1. The van der Waals surface area contributed by atoms with Crippen LogP contribution in [0.3, 0.4) is 0 Å². The lowest BCUT2D eigenvalue weighted by atomic mass is 9.81. The van der Waals surface area contributed by atoms with Gasteiger partial charge in [0.2, 0.25) is 0 Å². The van der Waals surface area contributed by atoms with E-state index in [1.165, 1.54) is 5.56 Å². The van der Waals surface area contributed by atoms with E-state index in [0.717, 1.165) is 22.6 Å². The number of allylic oxidation sites excluding steroid dienone is 1. The number of para-hydroxylation sites is 1. The topological polar surface area (TPSA) is 52.9 Å². The number of hydrogen-bond acceptors (Lipinski definition) is 3. The second-order valence-corrected chi connectivity index (χ2v) is 6.81. The largest absolute Gasteiger partial charge is 0.480 e. The molecule has 3 rings (SSSR count). The van der Waals surface area contributed by atoms with E-state index in [-0.39, 0.29) is 12.0 Å². The zero-order valence-electron chi connectivity index (χ0n) is 14.7. The molecule has 0 fully saturated rings. The number of benzene rings is 2. The number of hydrogen-bond donors (Lipinski definition) is 1. The van der Waals surface area contributed by atoms with Gasteiger partial charge in [0.1, 0.15) is 6.54 Å². The Hall–Kier alpha value is -2.88. The van der Waals surface area contributed by atoms with E-state index in [1.807, 2.05) is 42.5 Å². The fourth-order valence-corrected chi connectivity index (χ4v) is 3.06. The second kappa shape index (κ2) is 6.55. The average Bonchev–Trinajstić information content (AvgIpc) is 2.84. The van der Waals surface area contributed by atoms with Gasteiger partial charge in [-0.25, -0.2) is 0 Å². The van der Waals surface area contributed by atoms with E-state index >= 15 is 0 Å². The third-order valence-electron chi connectivity index (χ3n) is 4.60. The first-order chi connectivity index (χ1) is 11.9. The maximum absolute atomic E-state index is 10.8. The average molecular weight is 334 g/mol. The Kier molecular flexibility index (Phi) is 4.45. The van der Waals surface area contributed by atoms with Gasteiger partial charge in [-0.3, -0.25) is 9.79 Å². The molecule has 0 bridgehead atoms. The Morgan fingerprint density at radius 3 is 2.44 bits per heavy atom. The lowest BCUT2D eigenvalue weighted by Gasteiger charge is -2.20. The first-order valence-electron chi connectivity index (χ1n) is 8.27. The number of aliphatic imine (C=N–C) groups is 1. The lowest BCUT2D eigenvalue weighted by molar-refractivity contribution is -0.135. The summed E-state index contributed by atoms with van der Waals surface area (Å²) in [6, 6.07) is 16.1. The summed E-state index contributed by atoms with van der Waals surface area (Å²) in [5.74, 6) is -0.840. The zero-order chi connectivity index (χ0) is 18.0. The van der Waals surface area contributed by atoms with E-state index in [4.69, 9.17) is 10.1 Å². The molecule has 0 aliphatic carbocycles. The van der Waals surface area contributed by atoms with E-state index < -0.39 is 5.97 Å². The third kappa shape index (κ3) is 3.48. The number of fused-ring (bicyclic) bond motifs is 1. The number of carboxylic acids is 1. The molecule has 0 atom stereocenters. The molecule has 1 heterocycles. The molecule has 25 heavy (non-hydrogen) atoms. The number of likely N-dealkylation sites (N-methyl/N-ethyl adjacent to an activating group) is 1. The molecule has 1 N–H and O–H groups in total. The molecule has 2 aromatic rings. The van der Waals surface area contributed by atoms with Crippen molar-refractivity contribution >= 4 is 29.1 Å². The van der Waals surface area contributed by atoms with Gasteiger partial charge in [0.15, 0.2) is 0 Å². The molecule has 0 unspecified atom stereocenters. The summed E-state index contributed by atoms with van der Waals surface area (Å²) in [6.07, 6.45) is 4.11. The molecular weight excluding hydrogens is 312 g/mol. The Morgan fingerprint density at radius 1 is 1.12 bits per heavy atom. The van der Waals surface area contributed by atoms with Crippen molar-refractivity contribution in [2.24, 2.45) is 4.99 Å². The molecule has 2 aromatic carbocycles. The third-order valence-corrected chi connectivity index (χ3v) is 4.60. The van der Waals surface area contributed by atoms with Crippen LogP contribution in [0.5, 0.6) is 0 Å². The van der Waals surface area contributed by atoms with Gasteiger partial charge < -0.3 is 10.0 Å². The normalized spacial score (nSPS) is 15.1. The highest BCUT2D eigenvalue weighted by Crippen LogP contribution is 2.40. The summed E-state index contributed by atoms with van der Waals surface area (Å²) in [6.45, 7) is 4.36. The van der Waals surface area contributed by atoms with Gasteiger partial charge in [0.25, 0.3) is 0 Å². The number of aliphatic carboxylic acids is 1. The molecule has 128 valence electrons. The zero-order valence-corrected chi connectivity index (χ0v) is 14.7. The van der Waals surface area contributed by atoms with Crippen molar-refractivity contribution in [3.8, 4) is 0 Å². The lowest BCUT2D eigenvalue weighted by Crippen LogP contribution is -2.24. The van der Waals surface area contributed by atoms with Crippen LogP contribution in [0.1, 0.15) is 25.0 Å². The van der Waals surface area contributed by atoms with Gasteiger partial charge in [-0.15, -0.1) is 0 Å². The van der Waals surface area contributed by atoms with Gasteiger partial charge >= 0.3 is 5.97 Å². The predicted octanol–water partition coefficient (Wildman–Crippen LogP) is 4.28. The van der Waals surface area contributed by atoms with Crippen LogP contribution < -0.4 is 4.90 Å². The number of rotatable bonds is 5. The first kappa shape index (κ1) is 17.0. The number of nitrogens with zero attached hydrogens (tertiary/aromatic N) is 2. The maximum atomic E-state index is 10.8. The fourth-order valence-electron chi connectivity index (χ4n) is 3.06. The first-order valence-corrected chi connectivity index (χ1v) is 8.27. The summed E-state index contributed by atoms with van der Waals surface area (Å²) < 4.78 is 0. The SMILES string of the molecule is CN(CC(=O)O)c1ccc(C=CC2=Nc3ccccc3C2(C)C)cc1. The molecule has 4 nitrogen and oxygen atoms in total. The number of anilines is 1. The van der Waals surface area contributed by atoms with E-state index in [2.05, 4.69) is 32.1 Å². The van der Waals surface area contributed by atoms with Crippen molar-refractivity contribution in [2.75, 3.05) is 18.5 Å². The predicted molar refractivity (Wildman–Crippen MR) is 103 cm³/mol. The van der Waals surface area contributed by atoms with Gasteiger partial charge in [-0.2, -0.15) is 0 Å². The Morgan fingerprint density at radius 2 is 1.80 bits per heavy atom. The van der Waals surface area contributed by atoms with Crippen molar-refractivity contribution in [2.45, 2.75) is 19.3 Å². The van der Waals surface area contributed by atoms with Gasteiger partial charge in [0.05, 0.1) is 11.4 Å². The Bertz CT molecular complexity index is 848. The van der Waals surface area contributed by atoms with Crippen LogP contribution in [0.25, 0.3) is 6.08 Å². The minimum absolute atomic E-state index is 0.0154. The minimum Gasteiger partial charge on any atom is -0.480 e. The van der Waals surface area contributed by atoms with E-state index in [1.54, 1.807) is 11.9 Å². The minimum atomic E-state index is -0.840. The van der Waals surface area contributed by atoms with Crippen LogP contribution in [0, 0.1) is 0 Å². The number of carboxylic acid groups (broad SMARTS) is 1. The summed E-state index contributed by atoms with van der Waals surface area (Å²) >= 11 is 0. The molecule has 0 spiro atoms. The van der Waals surface area contributed by atoms with E-state index in [9.17, 15) is 4.79 Å². The summed E-state index contributed by atoms with van der Waals surface area (Å²) in [4.78, 5) is 17.2. The highest BCUT2D eigenvalue weighted by molar-refractivity contribution is 6.10. The van der Waals surface area contributed by atoms with Crippen molar-refractivity contribution in [3.63, 3.8) is 0 Å². The maximum Gasteiger partial charge on any atom is 0.323 e. The summed E-state index contributed by atoms with van der Waals surface area (Å²) in [5.41, 5.74) is 5.17. The van der Waals surface area contributed by atoms with Gasteiger partial charge in [-0.05, 0) is 35.4 Å². The van der Waals surface area contributed by atoms with Gasteiger partial charge in [0, 0.05) is 18.2 Å². The molecule has 4 heteroatoms. The van der Waals surface area contributed by atoms with Crippen LogP contribution in [-0.4, -0.2) is 30.4 Å². The smallest absolute Gasteiger partial charge is 0.323 e. The molecule has 0 radical (unpaired) electrons. The van der Waals surface area contributed by atoms with Crippen LogP contribution in [0.15, 0.2) is 59.6 Å². The molecule has 1 aliphatic heterocycles. The second-order valence-electron chi connectivity index (χ2n) is 6.81. The quantitative estimate of drug-likeness (QED) is 0.888. The van der Waals surface area contributed by atoms with Crippen molar-refractivity contribution in [1.29, 1.82) is 0 Å². The monoisotopic (exact) mass is 334 g/mol. The van der Waals surface area contributed by atoms with Crippen LogP contribution in [0.4, 0.5) is 11.4 Å². The molecule has 0 amide bonds. The fraction of sp³-hybridized carbons (Fsp3) is 0.238. The van der Waals surface area contributed by atoms with Crippen molar-refractivity contribution in [3.05, 3.63) is 65.7 Å². The Labute approximate surface area is 148 Å².